The zero-order valence-corrected chi connectivity index (χ0v) is 13.8. The number of carbonyl (C=O) groups is 1. The summed E-state index contributed by atoms with van der Waals surface area (Å²) in [6.07, 6.45) is 0. The molecule has 110 valence electrons. The van der Waals surface area contributed by atoms with Gasteiger partial charge in [0.25, 0.3) is 5.91 Å². The molecule has 0 aliphatic rings. The lowest BCUT2D eigenvalue weighted by Crippen LogP contribution is -2.12. The molecule has 22 heavy (non-hydrogen) atoms. The number of benzene rings is 2. The van der Waals surface area contributed by atoms with E-state index in [0.29, 0.717) is 10.8 Å². The lowest BCUT2D eigenvalue weighted by molar-refractivity contribution is 0.102. The fraction of sp³-hybridized carbons (Fsp3) is 0. The van der Waals surface area contributed by atoms with Gasteiger partial charge in [-0.15, -0.1) is 11.3 Å². The summed E-state index contributed by atoms with van der Waals surface area (Å²) >= 11 is 4.75. The Kier molecular flexibility index (Phi) is 4.50. The van der Waals surface area contributed by atoms with Crippen LogP contribution in [0.4, 0.5) is 16.5 Å². The SMILES string of the molecule is O=C(Nc1ccc(Br)cc1)c1csc(Nc2ccccc2)n1. The topological polar surface area (TPSA) is 54.0 Å². The predicted octanol–water partition coefficient (Wildman–Crippen LogP) is 4.90. The minimum Gasteiger partial charge on any atom is -0.332 e. The molecular formula is C16H12BrN3OS. The first-order chi connectivity index (χ1) is 10.7. The maximum atomic E-state index is 12.2. The van der Waals surface area contributed by atoms with E-state index in [1.165, 1.54) is 11.3 Å². The van der Waals surface area contributed by atoms with Crippen LogP contribution < -0.4 is 10.6 Å². The third kappa shape index (κ3) is 3.72. The molecule has 4 nitrogen and oxygen atoms in total. The van der Waals surface area contributed by atoms with Crippen LogP contribution in [-0.4, -0.2) is 10.9 Å². The van der Waals surface area contributed by atoms with Crippen LogP contribution in [0, 0.1) is 0 Å². The molecule has 0 unspecified atom stereocenters. The van der Waals surface area contributed by atoms with Crippen LogP contribution in [0.1, 0.15) is 10.5 Å². The van der Waals surface area contributed by atoms with Gasteiger partial charge in [-0.3, -0.25) is 4.79 Å². The van der Waals surface area contributed by atoms with Gasteiger partial charge in [0, 0.05) is 21.2 Å². The number of halogens is 1. The van der Waals surface area contributed by atoms with E-state index in [1.807, 2.05) is 54.6 Å². The van der Waals surface area contributed by atoms with Crippen LogP contribution in [0.5, 0.6) is 0 Å². The minimum atomic E-state index is -0.223. The van der Waals surface area contributed by atoms with Crippen molar-refractivity contribution in [1.29, 1.82) is 0 Å². The smallest absolute Gasteiger partial charge is 0.275 e. The Morgan fingerprint density at radius 1 is 1.00 bits per heavy atom. The summed E-state index contributed by atoms with van der Waals surface area (Å²) in [5.41, 5.74) is 2.07. The second kappa shape index (κ2) is 6.72. The largest absolute Gasteiger partial charge is 0.332 e. The number of hydrogen-bond donors (Lipinski definition) is 2. The maximum absolute atomic E-state index is 12.2. The van der Waals surface area contributed by atoms with Gasteiger partial charge >= 0.3 is 0 Å². The van der Waals surface area contributed by atoms with Crippen molar-refractivity contribution in [3.8, 4) is 0 Å². The summed E-state index contributed by atoms with van der Waals surface area (Å²) in [6.45, 7) is 0. The van der Waals surface area contributed by atoms with E-state index in [0.717, 1.165) is 15.8 Å². The Morgan fingerprint density at radius 2 is 1.73 bits per heavy atom. The Labute approximate surface area is 140 Å². The van der Waals surface area contributed by atoms with Crippen molar-refractivity contribution in [3.05, 3.63) is 70.1 Å². The second-order valence-electron chi connectivity index (χ2n) is 4.49. The van der Waals surface area contributed by atoms with E-state index in [9.17, 15) is 4.79 Å². The van der Waals surface area contributed by atoms with Gasteiger partial charge in [-0.2, -0.15) is 0 Å². The molecule has 0 aliphatic carbocycles. The first-order valence-corrected chi connectivity index (χ1v) is 8.22. The van der Waals surface area contributed by atoms with E-state index >= 15 is 0 Å². The van der Waals surface area contributed by atoms with Crippen molar-refractivity contribution in [2.75, 3.05) is 10.6 Å². The number of thiazole rings is 1. The number of anilines is 3. The van der Waals surface area contributed by atoms with Crippen LogP contribution in [0.25, 0.3) is 0 Å². The van der Waals surface area contributed by atoms with Gasteiger partial charge < -0.3 is 10.6 Å². The fourth-order valence-electron chi connectivity index (χ4n) is 1.81. The van der Waals surface area contributed by atoms with Crippen LogP contribution in [-0.2, 0) is 0 Å². The first-order valence-electron chi connectivity index (χ1n) is 6.55. The van der Waals surface area contributed by atoms with Crippen LogP contribution >= 0.6 is 27.3 Å². The highest BCUT2D eigenvalue weighted by molar-refractivity contribution is 9.10. The number of amides is 1. The molecule has 0 aliphatic heterocycles. The summed E-state index contributed by atoms with van der Waals surface area (Å²) in [5.74, 6) is -0.223. The van der Waals surface area contributed by atoms with Crippen molar-refractivity contribution in [3.63, 3.8) is 0 Å². The number of carbonyl (C=O) groups excluding carboxylic acids is 1. The van der Waals surface area contributed by atoms with Gasteiger partial charge in [0.2, 0.25) is 0 Å². The van der Waals surface area contributed by atoms with Crippen molar-refractivity contribution >= 4 is 49.7 Å². The summed E-state index contributed by atoms with van der Waals surface area (Å²) in [4.78, 5) is 16.5. The van der Waals surface area contributed by atoms with Crippen molar-refractivity contribution in [1.82, 2.24) is 4.98 Å². The highest BCUT2D eigenvalue weighted by atomic mass is 79.9. The van der Waals surface area contributed by atoms with Gasteiger partial charge in [0.05, 0.1) is 0 Å². The molecule has 0 saturated carbocycles. The highest BCUT2D eigenvalue weighted by Crippen LogP contribution is 2.21. The molecule has 2 N–H and O–H groups in total. The van der Waals surface area contributed by atoms with Crippen molar-refractivity contribution in [2.45, 2.75) is 0 Å². The monoisotopic (exact) mass is 373 g/mol. The minimum absolute atomic E-state index is 0.223. The highest BCUT2D eigenvalue weighted by Gasteiger charge is 2.11. The van der Waals surface area contributed by atoms with Gasteiger partial charge in [0.1, 0.15) is 5.69 Å². The number of para-hydroxylation sites is 1. The standard InChI is InChI=1S/C16H12BrN3OS/c17-11-6-8-13(9-7-11)18-15(21)14-10-22-16(20-14)19-12-4-2-1-3-5-12/h1-10H,(H,18,21)(H,19,20). The average molecular weight is 374 g/mol. The molecule has 0 saturated heterocycles. The Hall–Kier alpha value is -2.18. The lowest BCUT2D eigenvalue weighted by Gasteiger charge is -2.03. The van der Waals surface area contributed by atoms with E-state index in [4.69, 9.17) is 0 Å². The summed E-state index contributed by atoms with van der Waals surface area (Å²) in [7, 11) is 0. The van der Waals surface area contributed by atoms with Crippen LogP contribution in [0.3, 0.4) is 0 Å². The zero-order valence-electron chi connectivity index (χ0n) is 11.4. The third-order valence-electron chi connectivity index (χ3n) is 2.86. The van der Waals surface area contributed by atoms with Gasteiger partial charge in [-0.1, -0.05) is 34.1 Å². The lowest BCUT2D eigenvalue weighted by atomic mass is 10.3. The number of aromatic nitrogens is 1. The molecule has 0 atom stereocenters. The summed E-state index contributed by atoms with van der Waals surface area (Å²) < 4.78 is 0.966. The Bertz CT molecular complexity index is 772. The second-order valence-corrected chi connectivity index (χ2v) is 6.26. The first kappa shape index (κ1) is 14.7. The number of nitrogens with one attached hydrogen (secondary N) is 2. The van der Waals surface area contributed by atoms with E-state index in [1.54, 1.807) is 5.38 Å². The molecule has 0 bridgehead atoms. The summed E-state index contributed by atoms with van der Waals surface area (Å²) in [6, 6.07) is 17.1. The number of rotatable bonds is 4. The molecule has 6 heteroatoms. The Balaban J connectivity index is 1.67. The fourth-order valence-corrected chi connectivity index (χ4v) is 2.78. The molecule has 3 rings (SSSR count). The van der Waals surface area contributed by atoms with E-state index < -0.39 is 0 Å². The molecule has 1 heterocycles. The van der Waals surface area contributed by atoms with Crippen LogP contribution in [0.15, 0.2) is 64.5 Å². The van der Waals surface area contributed by atoms with Gasteiger partial charge in [-0.25, -0.2) is 4.98 Å². The number of hydrogen-bond acceptors (Lipinski definition) is 4. The van der Waals surface area contributed by atoms with E-state index in [2.05, 4.69) is 31.5 Å². The van der Waals surface area contributed by atoms with Crippen molar-refractivity contribution in [2.24, 2.45) is 0 Å². The van der Waals surface area contributed by atoms with Crippen molar-refractivity contribution < 1.29 is 4.79 Å². The van der Waals surface area contributed by atoms with Gasteiger partial charge in [0.15, 0.2) is 5.13 Å². The zero-order chi connectivity index (χ0) is 15.4. The molecule has 1 amide bonds. The normalized spacial score (nSPS) is 10.2. The van der Waals surface area contributed by atoms with Crippen LogP contribution in [0.2, 0.25) is 0 Å². The third-order valence-corrected chi connectivity index (χ3v) is 4.15. The quantitative estimate of drug-likeness (QED) is 0.683. The molecule has 0 radical (unpaired) electrons. The molecule has 1 aromatic heterocycles. The maximum Gasteiger partial charge on any atom is 0.275 e. The molecule has 2 aromatic carbocycles. The molecule has 3 aromatic rings. The molecule has 0 fully saturated rings. The Morgan fingerprint density at radius 3 is 2.45 bits per heavy atom. The predicted molar refractivity (Wildman–Crippen MR) is 93.9 cm³/mol. The molecule has 0 spiro atoms. The number of nitrogens with zero attached hydrogens (tertiary/aromatic N) is 1. The average Bonchev–Trinajstić information content (AvgIpc) is 2.99. The summed E-state index contributed by atoms with van der Waals surface area (Å²) in [5, 5.41) is 8.41. The van der Waals surface area contributed by atoms with Gasteiger partial charge in [-0.05, 0) is 36.4 Å². The molecular weight excluding hydrogens is 362 g/mol. The van der Waals surface area contributed by atoms with E-state index in [-0.39, 0.29) is 5.91 Å².